The van der Waals surface area contributed by atoms with Gasteiger partial charge in [-0.3, -0.25) is 0 Å². The van der Waals surface area contributed by atoms with Crippen molar-refractivity contribution >= 4 is 10.9 Å². The van der Waals surface area contributed by atoms with E-state index in [0.29, 0.717) is 0 Å². The molecule has 0 radical (unpaired) electrons. The maximum Gasteiger partial charge on any atom is 0.120 e. The number of benzene rings is 1. The van der Waals surface area contributed by atoms with Crippen LogP contribution in [0, 0.1) is 0 Å². The van der Waals surface area contributed by atoms with E-state index in [-0.39, 0.29) is 6.54 Å². The lowest BCUT2D eigenvalue weighted by Gasteiger charge is -2.02. The van der Waals surface area contributed by atoms with E-state index in [1.165, 1.54) is 0 Å². The molecule has 4 N–H and O–H groups in total. The first-order valence-corrected chi connectivity index (χ1v) is 4.79. The number of fused-ring (bicyclic) bond motifs is 1. The van der Waals surface area contributed by atoms with Crippen LogP contribution in [0.2, 0.25) is 0 Å². The minimum absolute atomic E-state index is 0.212. The van der Waals surface area contributed by atoms with E-state index in [1.54, 1.807) is 7.11 Å². The minimum Gasteiger partial charge on any atom is -0.497 e. The van der Waals surface area contributed by atoms with E-state index in [2.05, 4.69) is 4.98 Å². The van der Waals surface area contributed by atoms with Crippen molar-refractivity contribution in [3.63, 3.8) is 0 Å². The lowest BCUT2D eigenvalue weighted by molar-refractivity contribution is 0.183. The Hall–Kier alpha value is -1.52. The Morgan fingerprint density at radius 3 is 2.93 bits per heavy atom. The van der Waals surface area contributed by atoms with Crippen LogP contribution < -0.4 is 10.5 Å². The number of hydrogen-bond donors (Lipinski definition) is 3. The van der Waals surface area contributed by atoms with Crippen LogP contribution in [0.15, 0.2) is 24.3 Å². The average Bonchev–Trinajstić information content (AvgIpc) is 2.70. The second-order valence-corrected chi connectivity index (χ2v) is 3.43. The van der Waals surface area contributed by atoms with Gasteiger partial charge in [0.05, 0.1) is 7.11 Å². The summed E-state index contributed by atoms with van der Waals surface area (Å²) in [6, 6.07) is 7.61. The van der Waals surface area contributed by atoms with E-state index in [0.717, 1.165) is 22.3 Å². The summed E-state index contributed by atoms with van der Waals surface area (Å²) in [5.41, 5.74) is 7.07. The fourth-order valence-corrected chi connectivity index (χ4v) is 1.56. The van der Waals surface area contributed by atoms with Crippen LogP contribution in [-0.4, -0.2) is 23.7 Å². The topological polar surface area (TPSA) is 71.3 Å². The molecule has 2 rings (SSSR count). The molecule has 0 aliphatic heterocycles. The van der Waals surface area contributed by atoms with Gasteiger partial charge in [0.2, 0.25) is 0 Å². The molecule has 4 heteroatoms. The molecule has 0 amide bonds. The van der Waals surface area contributed by atoms with Crippen molar-refractivity contribution in [3.05, 3.63) is 30.0 Å². The van der Waals surface area contributed by atoms with E-state index < -0.39 is 6.10 Å². The first kappa shape index (κ1) is 10.0. The summed E-state index contributed by atoms with van der Waals surface area (Å²) in [6.07, 6.45) is -0.636. The van der Waals surface area contributed by atoms with E-state index in [9.17, 15) is 5.11 Å². The van der Waals surface area contributed by atoms with E-state index in [4.69, 9.17) is 10.5 Å². The molecule has 2 aromatic rings. The highest BCUT2D eigenvalue weighted by Crippen LogP contribution is 2.23. The van der Waals surface area contributed by atoms with Gasteiger partial charge in [-0.25, -0.2) is 0 Å². The van der Waals surface area contributed by atoms with Gasteiger partial charge in [0, 0.05) is 29.2 Å². The van der Waals surface area contributed by atoms with Crippen molar-refractivity contribution in [1.29, 1.82) is 0 Å². The molecule has 1 heterocycles. The average molecular weight is 206 g/mol. The van der Waals surface area contributed by atoms with Gasteiger partial charge in [-0.15, -0.1) is 0 Å². The van der Waals surface area contributed by atoms with Crippen LogP contribution in [0.25, 0.3) is 10.9 Å². The molecule has 0 saturated carbocycles. The lowest BCUT2D eigenvalue weighted by Crippen LogP contribution is -2.11. The summed E-state index contributed by atoms with van der Waals surface area (Å²) in [5.74, 6) is 0.790. The SMILES string of the molecule is COc1ccc2cc([C@@H](O)CN)[nH]c2c1. The Labute approximate surface area is 87.7 Å². The third-order valence-electron chi connectivity index (χ3n) is 2.43. The molecule has 0 aliphatic carbocycles. The standard InChI is InChI=1S/C11H14N2O2/c1-15-8-3-2-7-4-10(11(14)6-12)13-9(7)5-8/h2-5,11,13-14H,6,12H2,1H3/t11-/m0/s1. The first-order valence-electron chi connectivity index (χ1n) is 4.79. The van der Waals surface area contributed by atoms with Gasteiger partial charge in [-0.1, -0.05) is 0 Å². The quantitative estimate of drug-likeness (QED) is 0.706. The number of aromatic amines is 1. The summed E-state index contributed by atoms with van der Waals surface area (Å²) in [5, 5.41) is 10.6. The van der Waals surface area contributed by atoms with Gasteiger partial charge >= 0.3 is 0 Å². The number of hydrogen-bond acceptors (Lipinski definition) is 3. The highest BCUT2D eigenvalue weighted by molar-refractivity contribution is 5.81. The molecule has 0 bridgehead atoms. The number of methoxy groups -OCH3 is 1. The highest BCUT2D eigenvalue weighted by atomic mass is 16.5. The van der Waals surface area contributed by atoms with Gasteiger partial charge in [0.1, 0.15) is 11.9 Å². The Balaban J connectivity index is 2.46. The number of aliphatic hydroxyl groups is 1. The minimum atomic E-state index is -0.636. The fraction of sp³-hybridized carbons (Fsp3) is 0.273. The molecule has 0 fully saturated rings. The van der Waals surface area contributed by atoms with Crippen molar-refractivity contribution in [2.45, 2.75) is 6.10 Å². The molecular formula is C11H14N2O2. The number of rotatable bonds is 3. The number of nitrogens with two attached hydrogens (primary N) is 1. The van der Waals surface area contributed by atoms with Gasteiger partial charge in [0.25, 0.3) is 0 Å². The monoisotopic (exact) mass is 206 g/mol. The van der Waals surface area contributed by atoms with Crippen LogP contribution in [0.3, 0.4) is 0 Å². The Bertz CT molecular complexity index is 465. The van der Waals surface area contributed by atoms with Gasteiger partial charge in [-0.2, -0.15) is 0 Å². The second kappa shape index (κ2) is 3.92. The Morgan fingerprint density at radius 2 is 2.27 bits per heavy atom. The molecule has 0 aliphatic rings. The zero-order chi connectivity index (χ0) is 10.8. The van der Waals surface area contributed by atoms with Crippen LogP contribution >= 0.6 is 0 Å². The fourth-order valence-electron chi connectivity index (χ4n) is 1.56. The largest absolute Gasteiger partial charge is 0.497 e. The smallest absolute Gasteiger partial charge is 0.120 e. The highest BCUT2D eigenvalue weighted by Gasteiger charge is 2.08. The van der Waals surface area contributed by atoms with Crippen molar-refractivity contribution in [2.24, 2.45) is 5.73 Å². The number of aliphatic hydroxyl groups excluding tert-OH is 1. The van der Waals surface area contributed by atoms with Crippen LogP contribution in [0.5, 0.6) is 5.75 Å². The van der Waals surface area contributed by atoms with Crippen molar-refractivity contribution in [2.75, 3.05) is 13.7 Å². The summed E-state index contributed by atoms with van der Waals surface area (Å²) in [7, 11) is 1.62. The molecule has 1 aromatic heterocycles. The van der Waals surface area contributed by atoms with Crippen molar-refractivity contribution in [1.82, 2.24) is 4.98 Å². The van der Waals surface area contributed by atoms with Crippen LogP contribution in [0.1, 0.15) is 11.8 Å². The first-order chi connectivity index (χ1) is 7.24. The van der Waals surface area contributed by atoms with Gasteiger partial charge < -0.3 is 20.6 Å². The Morgan fingerprint density at radius 1 is 1.47 bits per heavy atom. The molecule has 1 atom stereocenters. The zero-order valence-corrected chi connectivity index (χ0v) is 8.53. The van der Waals surface area contributed by atoms with E-state index >= 15 is 0 Å². The van der Waals surface area contributed by atoms with Gasteiger partial charge in [0.15, 0.2) is 0 Å². The number of aromatic nitrogens is 1. The predicted molar refractivity (Wildman–Crippen MR) is 58.9 cm³/mol. The third kappa shape index (κ3) is 1.82. The number of H-pyrrole nitrogens is 1. The maximum atomic E-state index is 9.57. The number of ether oxygens (including phenoxy) is 1. The molecule has 4 nitrogen and oxygen atoms in total. The predicted octanol–water partition coefficient (Wildman–Crippen LogP) is 1.17. The van der Waals surface area contributed by atoms with Gasteiger partial charge in [-0.05, 0) is 18.2 Å². The molecule has 1 aromatic carbocycles. The summed E-state index contributed by atoms with van der Waals surface area (Å²) >= 11 is 0. The third-order valence-corrected chi connectivity index (χ3v) is 2.43. The summed E-state index contributed by atoms with van der Waals surface area (Å²) < 4.78 is 5.11. The zero-order valence-electron chi connectivity index (χ0n) is 8.53. The lowest BCUT2D eigenvalue weighted by atomic mass is 10.2. The summed E-state index contributed by atoms with van der Waals surface area (Å²) in [6.45, 7) is 0.212. The summed E-state index contributed by atoms with van der Waals surface area (Å²) in [4.78, 5) is 3.11. The molecule has 0 unspecified atom stereocenters. The van der Waals surface area contributed by atoms with E-state index in [1.807, 2.05) is 24.3 Å². The van der Waals surface area contributed by atoms with Crippen LogP contribution in [0.4, 0.5) is 0 Å². The second-order valence-electron chi connectivity index (χ2n) is 3.43. The van der Waals surface area contributed by atoms with Crippen LogP contribution in [-0.2, 0) is 0 Å². The maximum absolute atomic E-state index is 9.57. The van der Waals surface area contributed by atoms with Crippen molar-refractivity contribution in [3.8, 4) is 5.75 Å². The molecule has 0 spiro atoms. The molecular weight excluding hydrogens is 192 g/mol. The molecule has 15 heavy (non-hydrogen) atoms. The number of nitrogens with one attached hydrogen (secondary N) is 1. The molecule has 80 valence electrons. The molecule has 0 saturated heterocycles. The van der Waals surface area contributed by atoms with Crippen molar-refractivity contribution < 1.29 is 9.84 Å². The Kier molecular flexibility index (Phi) is 2.62. The normalized spacial score (nSPS) is 13.0.